The maximum absolute atomic E-state index is 15.1. The van der Waals surface area contributed by atoms with Crippen LogP contribution in [0.15, 0.2) is 36.7 Å². The van der Waals surface area contributed by atoms with Crippen molar-refractivity contribution in [3.8, 4) is 0 Å². The van der Waals surface area contributed by atoms with Crippen LogP contribution in [-0.2, 0) is 25.7 Å². The fourth-order valence-corrected chi connectivity index (χ4v) is 14.9. The first-order valence-electron chi connectivity index (χ1n) is 21.7. The Morgan fingerprint density at radius 1 is 0.891 bits per heavy atom. The van der Waals surface area contributed by atoms with E-state index in [1.807, 2.05) is 32.3 Å². The largest absolute Gasteiger partial charge is 0.481 e. The number of fused-ring (bicyclic) bond motifs is 7. The second kappa shape index (κ2) is 14.3. The van der Waals surface area contributed by atoms with Gasteiger partial charge in [-0.3, -0.25) is 24.3 Å². The van der Waals surface area contributed by atoms with Crippen molar-refractivity contribution in [3.63, 3.8) is 0 Å². The van der Waals surface area contributed by atoms with E-state index >= 15 is 4.79 Å². The topological polar surface area (TPSA) is 100 Å². The Hall–Kier alpha value is -2.74. The van der Waals surface area contributed by atoms with Gasteiger partial charge in [-0.1, -0.05) is 66.7 Å². The van der Waals surface area contributed by atoms with Crippen molar-refractivity contribution >= 4 is 17.8 Å². The number of aliphatic carboxylic acids is 1. The highest BCUT2D eigenvalue weighted by molar-refractivity contribution is 5.84. The molecule has 10 atom stereocenters. The Morgan fingerprint density at radius 3 is 2.27 bits per heavy atom. The molecule has 304 valence electrons. The Labute approximate surface area is 331 Å². The Bertz CT molecular complexity index is 1650. The van der Waals surface area contributed by atoms with Crippen molar-refractivity contribution < 1.29 is 24.2 Å². The number of esters is 1. The summed E-state index contributed by atoms with van der Waals surface area (Å²) in [4.78, 5) is 48.8. The number of rotatable bonds is 9. The van der Waals surface area contributed by atoms with Crippen molar-refractivity contribution in [1.29, 1.82) is 0 Å². The number of hydrogen-bond acceptors (Lipinski definition) is 6. The Balaban J connectivity index is 1.09. The second-order valence-corrected chi connectivity index (χ2v) is 21.5. The van der Waals surface area contributed by atoms with Crippen LogP contribution in [0.5, 0.6) is 0 Å². The highest BCUT2D eigenvalue weighted by atomic mass is 16.5. The molecule has 1 aromatic rings. The standard InChI is InChI=1S/C47H71N3O5/c1-31(2)33-14-19-47(41(54)50-25-23-49(24-26-50)30-32-11-10-22-48-29-32)21-20-45(8)34(40(33)47)12-13-36-44(7)17-16-37(43(5,6)35(44)15-18-46(36,45)9)55-39(53)28-42(3,4)27-38(51)52/h10-11,22,29,33-37,40H,1,12-21,23-28,30H2,2-9H3,(H,51,52)/t33-,34+,35?,36?,37-,40?,44-,45+,46+,47-/m0/s1. The van der Waals surface area contributed by atoms with E-state index in [0.717, 1.165) is 77.7 Å². The number of pyridine rings is 1. The third-order valence-corrected chi connectivity index (χ3v) is 17.7. The van der Waals surface area contributed by atoms with Gasteiger partial charge in [0, 0.05) is 50.5 Å². The summed E-state index contributed by atoms with van der Waals surface area (Å²) >= 11 is 0. The number of ether oxygens (including phenoxy) is 1. The highest BCUT2D eigenvalue weighted by Crippen LogP contribution is 2.77. The molecular formula is C47H71N3O5. The third-order valence-electron chi connectivity index (χ3n) is 17.7. The number of carboxylic acid groups (broad SMARTS) is 1. The van der Waals surface area contributed by atoms with Crippen molar-refractivity contribution in [2.24, 2.45) is 62.1 Å². The number of aromatic nitrogens is 1. The first-order chi connectivity index (χ1) is 25.8. The average Bonchev–Trinajstić information content (AvgIpc) is 3.51. The normalized spacial score (nSPS) is 39.9. The second-order valence-electron chi connectivity index (χ2n) is 21.5. The molecule has 1 amide bonds. The molecule has 1 aromatic heterocycles. The van der Waals surface area contributed by atoms with E-state index in [4.69, 9.17) is 4.74 Å². The zero-order chi connectivity index (χ0) is 39.8. The highest BCUT2D eigenvalue weighted by Gasteiger charge is 2.72. The first kappa shape index (κ1) is 40.5. The van der Waals surface area contributed by atoms with Crippen molar-refractivity contribution in [2.45, 2.75) is 145 Å². The molecule has 1 saturated heterocycles. The van der Waals surface area contributed by atoms with E-state index in [1.165, 1.54) is 30.4 Å². The van der Waals surface area contributed by atoms with Crippen LogP contribution in [0.2, 0.25) is 0 Å². The summed E-state index contributed by atoms with van der Waals surface area (Å²) in [6, 6.07) is 4.15. The molecule has 6 aliphatic rings. The quantitative estimate of drug-likeness (QED) is 0.198. The molecule has 55 heavy (non-hydrogen) atoms. The van der Waals surface area contributed by atoms with E-state index < -0.39 is 11.4 Å². The third kappa shape index (κ3) is 6.70. The summed E-state index contributed by atoms with van der Waals surface area (Å²) in [5.74, 6) is 1.55. The van der Waals surface area contributed by atoms with Crippen LogP contribution in [0.3, 0.4) is 0 Å². The van der Waals surface area contributed by atoms with Gasteiger partial charge in [-0.05, 0) is 134 Å². The van der Waals surface area contributed by atoms with E-state index in [9.17, 15) is 14.7 Å². The number of carbonyl (C=O) groups excluding carboxylic acids is 2. The lowest BCUT2D eigenvalue weighted by Crippen LogP contribution is -2.67. The summed E-state index contributed by atoms with van der Waals surface area (Å²) in [7, 11) is 0. The summed E-state index contributed by atoms with van der Waals surface area (Å²) in [6.45, 7) is 27.3. The number of allylic oxidation sites excluding steroid dienone is 1. The zero-order valence-corrected chi connectivity index (χ0v) is 35.4. The molecule has 0 spiro atoms. The molecule has 5 aliphatic carbocycles. The molecule has 8 nitrogen and oxygen atoms in total. The van der Waals surface area contributed by atoms with Gasteiger partial charge in [-0.25, -0.2) is 0 Å². The lowest BCUT2D eigenvalue weighted by Gasteiger charge is -2.73. The molecule has 7 rings (SSSR count). The predicted molar refractivity (Wildman–Crippen MR) is 216 cm³/mol. The van der Waals surface area contributed by atoms with Gasteiger partial charge >= 0.3 is 11.9 Å². The SMILES string of the molecule is C=C(C)[C@@H]1CC[C@]2(C(=O)N3CCN(Cc4cccnc4)CC3)CC[C@]3(C)[C@H](CCC4[C@@]5(C)CC[C@H](OC(=O)CC(C)(C)CC(=O)O)C(C)(C)C5CC[C@]43C)C12. The van der Waals surface area contributed by atoms with Crippen LogP contribution in [0.25, 0.3) is 0 Å². The molecule has 0 radical (unpaired) electrons. The van der Waals surface area contributed by atoms with Crippen LogP contribution in [0, 0.1) is 62.1 Å². The Morgan fingerprint density at radius 2 is 1.62 bits per heavy atom. The van der Waals surface area contributed by atoms with Crippen LogP contribution < -0.4 is 0 Å². The number of piperazine rings is 1. The molecule has 6 fully saturated rings. The van der Waals surface area contributed by atoms with Crippen LogP contribution in [-0.4, -0.2) is 70.0 Å². The van der Waals surface area contributed by atoms with Crippen molar-refractivity contribution in [1.82, 2.24) is 14.8 Å². The van der Waals surface area contributed by atoms with E-state index in [-0.39, 0.29) is 52.0 Å². The lowest BCUT2D eigenvalue weighted by molar-refractivity contribution is -0.250. The summed E-state index contributed by atoms with van der Waals surface area (Å²) in [5.41, 5.74) is 1.84. The van der Waals surface area contributed by atoms with Gasteiger partial charge in [0.2, 0.25) is 5.91 Å². The van der Waals surface area contributed by atoms with E-state index in [2.05, 4.69) is 69.0 Å². The maximum Gasteiger partial charge on any atom is 0.306 e. The number of carbonyl (C=O) groups is 3. The minimum absolute atomic E-state index is 0.0510. The number of amides is 1. The van der Waals surface area contributed by atoms with Gasteiger partial charge in [-0.2, -0.15) is 0 Å². The number of nitrogens with zero attached hydrogens (tertiary/aromatic N) is 3. The lowest BCUT2D eigenvalue weighted by atomic mass is 9.32. The molecule has 2 heterocycles. The predicted octanol–water partition coefficient (Wildman–Crippen LogP) is 9.19. The van der Waals surface area contributed by atoms with Crippen LogP contribution in [0.4, 0.5) is 0 Å². The minimum atomic E-state index is -0.884. The van der Waals surface area contributed by atoms with Crippen molar-refractivity contribution in [3.05, 3.63) is 42.2 Å². The molecule has 8 heteroatoms. The molecule has 1 N–H and O–H groups in total. The van der Waals surface area contributed by atoms with Gasteiger partial charge in [0.15, 0.2) is 0 Å². The fraction of sp³-hybridized carbons (Fsp3) is 0.787. The molecule has 0 aromatic carbocycles. The minimum Gasteiger partial charge on any atom is -0.481 e. The summed E-state index contributed by atoms with van der Waals surface area (Å²) in [5, 5.41) is 9.37. The monoisotopic (exact) mass is 758 g/mol. The smallest absolute Gasteiger partial charge is 0.306 e. The number of carboxylic acids is 1. The molecule has 1 aliphatic heterocycles. The van der Waals surface area contributed by atoms with Crippen molar-refractivity contribution in [2.75, 3.05) is 26.2 Å². The molecule has 5 saturated carbocycles. The fourth-order valence-electron chi connectivity index (χ4n) is 14.9. The van der Waals surface area contributed by atoms with Gasteiger partial charge in [-0.15, -0.1) is 0 Å². The number of hydrogen-bond donors (Lipinski definition) is 1. The summed E-state index contributed by atoms with van der Waals surface area (Å²) in [6.07, 6.45) is 14.5. The maximum atomic E-state index is 15.1. The molecular weight excluding hydrogens is 687 g/mol. The molecule has 0 bridgehead atoms. The summed E-state index contributed by atoms with van der Waals surface area (Å²) < 4.78 is 6.30. The average molecular weight is 758 g/mol. The van der Waals surface area contributed by atoms with Gasteiger partial charge in [0.05, 0.1) is 18.3 Å². The van der Waals surface area contributed by atoms with Gasteiger partial charge < -0.3 is 14.7 Å². The molecule has 3 unspecified atom stereocenters. The van der Waals surface area contributed by atoms with E-state index in [1.54, 1.807) is 0 Å². The van der Waals surface area contributed by atoms with Crippen LogP contribution in [0.1, 0.15) is 138 Å². The first-order valence-corrected chi connectivity index (χ1v) is 21.7. The Kier molecular flexibility index (Phi) is 10.5. The van der Waals surface area contributed by atoms with E-state index in [0.29, 0.717) is 35.5 Å². The zero-order valence-electron chi connectivity index (χ0n) is 35.4. The van der Waals surface area contributed by atoms with Gasteiger partial charge in [0.1, 0.15) is 6.10 Å². The van der Waals surface area contributed by atoms with Gasteiger partial charge in [0.25, 0.3) is 0 Å². The van der Waals surface area contributed by atoms with Crippen LogP contribution >= 0.6 is 0 Å².